The summed E-state index contributed by atoms with van der Waals surface area (Å²) < 4.78 is 11.1. The molecule has 1 aliphatic heterocycles. The molecule has 2 heterocycles. The predicted molar refractivity (Wildman–Crippen MR) is 96.9 cm³/mol. The van der Waals surface area contributed by atoms with Gasteiger partial charge in [-0.2, -0.15) is 19.6 Å². The number of hydrogen-bond donors (Lipinski definition) is 0. The summed E-state index contributed by atoms with van der Waals surface area (Å²) in [4.78, 5) is 42.4. The Hall–Kier alpha value is -2.41. The van der Waals surface area contributed by atoms with Crippen LogP contribution in [0.15, 0.2) is 12.4 Å². The van der Waals surface area contributed by atoms with E-state index in [0.717, 1.165) is 12.4 Å². The summed E-state index contributed by atoms with van der Waals surface area (Å²) in [5.41, 5.74) is -0.852. The maximum atomic E-state index is 12.3. The molecule has 0 saturated carbocycles. The number of quaternary nitrogens is 1. The first-order chi connectivity index (χ1) is 13.1. The molecule has 1 aromatic heterocycles. The maximum Gasteiger partial charge on any atom is 0.410 e. The Kier molecular flexibility index (Phi) is 6.82. The molecule has 0 bridgehead atoms. The van der Waals surface area contributed by atoms with Crippen LogP contribution in [-0.2, 0) is 19.1 Å². The Balaban J connectivity index is 2.14. The smallest absolute Gasteiger partial charge is 0.410 e. The number of nitrogens with zero attached hydrogens (tertiary/aromatic N) is 5. The average molecular weight is 400 g/mol. The minimum Gasteiger partial charge on any atom is -0.444 e. The molecule has 1 saturated heterocycles. The van der Waals surface area contributed by atoms with Crippen LogP contribution in [0.1, 0.15) is 20.8 Å². The third kappa shape index (κ3) is 5.32. The number of carbonyl (C=O) groups excluding carboxylic acids is 1. The van der Waals surface area contributed by atoms with E-state index in [1.807, 2.05) is 0 Å². The monoisotopic (exact) mass is 400 g/mol. The van der Waals surface area contributed by atoms with Crippen LogP contribution in [0.3, 0.4) is 0 Å². The number of carbonyl (C=O) groups is 1. The highest BCUT2D eigenvalue weighted by Gasteiger charge is 2.43. The lowest BCUT2D eigenvalue weighted by Crippen LogP contribution is -2.58. The topological polar surface area (TPSA) is 126 Å². The van der Waals surface area contributed by atoms with Gasteiger partial charge in [-0.05, 0) is 20.8 Å². The summed E-state index contributed by atoms with van der Waals surface area (Å²) in [5.74, 6) is 0.0635. The average Bonchev–Trinajstić information content (AvgIpc) is 2.65. The Morgan fingerprint density at radius 3 is 2.46 bits per heavy atom. The molecule has 12 nitrogen and oxygen atoms in total. The quantitative estimate of drug-likeness (QED) is 0.396. The normalized spacial score (nSPS) is 18.0. The number of hydroxylamine groups is 2. The molecule has 0 radical (unpaired) electrons. The molecule has 156 valence electrons. The lowest BCUT2D eigenvalue weighted by molar-refractivity contribution is -0.385. The fraction of sp³-hybridized carbons (Fsp3) is 0.688. The molecule has 1 atom stereocenters. The molecular weight excluding hydrogens is 374 g/mol. The highest BCUT2D eigenvalue weighted by Crippen LogP contribution is 2.23. The van der Waals surface area contributed by atoms with Crippen LogP contribution < -0.4 is 4.81 Å². The second kappa shape index (κ2) is 8.73. The largest absolute Gasteiger partial charge is 0.444 e. The number of hydrogen-bond acceptors (Lipinski definition) is 9. The summed E-state index contributed by atoms with van der Waals surface area (Å²) in [5, 5.41) is 10.8. The molecule has 28 heavy (non-hydrogen) atoms. The lowest BCUT2D eigenvalue weighted by Gasteiger charge is -2.36. The van der Waals surface area contributed by atoms with E-state index in [0.29, 0.717) is 13.2 Å². The zero-order valence-electron chi connectivity index (χ0n) is 16.7. The minimum absolute atomic E-state index is 0.0635. The van der Waals surface area contributed by atoms with Crippen molar-refractivity contribution in [2.24, 2.45) is 0 Å². The van der Waals surface area contributed by atoms with E-state index >= 15 is 0 Å². The summed E-state index contributed by atoms with van der Waals surface area (Å²) in [6.45, 7) is 6.49. The van der Waals surface area contributed by atoms with Crippen LogP contribution in [0, 0.1) is 10.1 Å². The van der Waals surface area contributed by atoms with Crippen LogP contribution in [0.4, 0.5) is 16.4 Å². The molecule has 1 unspecified atom stereocenters. The van der Waals surface area contributed by atoms with Crippen LogP contribution in [0.5, 0.6) is 0 Å². The molecule has 0 spiro atoms. The highest BCUT2D eigenvalue weighted by atomic mass is 17.0. The Bertz CT molecular complexity index is 688. The fourth-order valence-electron chi connectivity index (χ4n) is 2.64. The first-order valence-electron chi connectivity index (χ1n) is 8.66. The van der Waals surface area contributed by atoms with E-state index < -0.39 is 27.5 Å². The third-order valence-corrected chi connectivity index (χ3v) is 3.96. The number of nitro groups is 1. The molecular formula is C16H26N5O7+. The van der Waals surface area contributed by atoms with Crippen molar-refractivity contribution in [3.8, 4) is 0 Å². The molecule has 1 fully saturated rings. The first-order valence-corrected chi connectivity index (χ1v) is 8.66. The molecule has 1 amide bonds. The molecule has 0 aromatic carbocycles. The van der Waals surface area contributed by atoms with E-state index in [1.165, 1.54) is 14.2 Å². The Labute approximate surface area is 162 Å². The summed E-state index contributed by atoms with van der Waals surface area (Å²) in [6, 6.07) is 0. The maximum absolute atomic E-state index is 12.3. The molecule has 12 heteroatoms. The molecule has 1 aliphatic rings. The Morgan fingerprint density at radius 2 is 1.96 bits per heavy atom. The number of amides is 1. The zero-order valence-corrected chi connectivity index (χ0v) is 16.7. The number of rotatable bonds is 6. The van der Waals surface area contributed by atoms with Crippen LogP contribution in [-0.4, -0.2) is 78.1 Å². The van der Waals surface area contributed by atoms with Crippen molar-refractivity contribution in [1.82, 2.24) is 19.7 Å². The molecule has 0 N–H and O–H groups in total. The number of aromatic nitrogens is 2. The molecule has 1 aromatic rings. The third-order valence-electron chi connectivity index (χ3n) is 3.96. The van der Waals surface area contributed by atoms with Crippen LogP contribution in [0.2, 0.25) is 0 Å². The standard InChI is InChI=1S/C16H26N5O7/c1-16(2,3)28-15(22)19-6-7-27-13(10-19)11-21(25-4,26-5)14-17-8-12(9-18-14)20(23)24/h8-9,13H,6-7,10-11H2,1-5H3/q+1. The van der Waals surface area contributed by atoms with E-state index in [4.69, 9.17) is 19.1 Å². The van der Waals surface area contributed by atoms with Gasteiger partial charge >= 0.3 is 17.7 Å². The molecule has 0 aliphatic carbocycles. The van der Waals surface area contributed by atoms with Gasteiger partial charge in [-0.1, -0.05) is 0 Å². The van der Waals surface area contributed by atoms with Crippen molar-refractivity contribution in [3.63, 3.8) is 0 Å². The van der Waals surface area contributed by atoms with Crippen molar-refractivity contribution < 1.29 is 28.9 Å². The van der Waals surface area contributed by atoms with Crippen molar-refractivity contribution >= 4 is 17.7 Å². The van der Waals surface area contributed by atoms with Crippen molar-refractivity contribution in [3.05, 3.63) is 22.5 Å². The van der Waals surface area contributed by atoms with E-state index in [9.17, 15) is 14.9 Å². The summed E-state index contributed by atoms with van der Waals surface area (Å²) in [7, 11) is 2.78. The number of morpholine rings is 1. The first kappa shape index (κ1) is 21.9. The van der Waals surface area contributed by atoms with Crippen LogP contribution in [0.25, 0.3) is 0 Å². The lowest BCUT2D eigenvalue weighted by atomic mass is 10.2. The van der Waals surface area contributed by atoms with Crippen molar-refractivity contribution in [2.45, 2.75) is 32.5 Å². The van der Waals surface area contributed by atoms with Gasteiger partial charge in [0.25, 0.3) is 0 Å². The van der Waals surface area contributed by atoms with Gasteiger partial charge < -0.3 is 14.4 Å². The summed E-state index contributed by atoms with van der Waals surface area (Å²) >= 11 is 0. The van der Waals surface area contributed by atoms with Gasteiger partial charge in [0.15, 0.2) is 6.54 Å². The summed E-state index contributed by atoms with van der Waals surface area (Å²) in [6.07, 6.45) is 1.25. The van der Waals surface area contributed by atoms with Gasteiger partial charge in [-0.25, -0.2) is 4.79 Å². The van der Waals surface area contributed by atoms with Crippen molar-refractivity contribution in [1.29, 1.82) is 0 Å². The van der Waals surface area contributed by atoms with E-state index in [2.05, 4.69) is 9.97 Å². The SMILES string of the molecule is CO[N+](CC1CN(C(=O)OC(C)(C)C)CCO1)(OC)c1ncc([N+](=O)[O-])cn1. The van der Waals surface area contributed by atoms with Gasteiger partial charge in [0.05, 0.1) is 18.1 Å². The van der Waals surface area contributed by atoms with E-state index in [-0.39, 0.29) is 24.7 Å². The number of ether oxygens (including phenoxy) is 2. The van der Waals surface area contributed by atoms with Gasteiger partial charge in [0, 0.05) is 11.4 Å². The van der Waals surface area contributed by atoms with Gasteiger partial charge in [0.2, 0.25) is 0 Å². The van der Waals surface area contributed by atoms with Crippen molar-refractivity contribution in [2.75, 3.05) is 40.5 Å². The van der Waals surface area contributed by atoms with Gasteiger partial charge in [0.1, 0.15) is 38.3 Å². The predicted octanol–water partition coefficient (Wildman–Crippen LogP) is 1.45. The minimum atomic E-state index is -0.601. The van der Waals surface area contributed by atoms with E-state index in [1.54, 1.807) is 25.7 Å². The molecule has 2 rings (SSSR count). The van der Waals surface area contributed by atoms with Crippen LogP contribution >= 0.6 is 0 Å². The van der Waals surface area contributed by atoms with Gasteiger partial charge in [-0.15, -0.1) is 0 Å². The fourth-order valence-corrected chi connectivity index (χ4v) is 2.64. The second-order valence-corrected chi connectivity index (χ2v) is 7.14. The Morgan fingerprint density at radius 1 is 1.36 bits per heavy atom. The highest BCUT2D eigenvalue weighted by molar-refractivity contribution is 5.68. The van der Waals surface area contributed by atoms with Gasteiger partial charge in [-0.3, -0.25) is 10.1 Å². The zero-order chi connectivity index (χ0) is 20.9. The second-order valence-electron chi connectivity index (χ2n) is 7.14.